The molecule has 1 aliphatic rings. The molecule has 0 aromatic heterocycles. The number of aliphatic imine (C=N–C) groups is 1. The molecule has 2 aromatic rings. The van der Waals surface area contributed by atoms with Crippen LogP contribution >= 0.6 is 0 Å². The van der Waals surface area contributed by atoms with Crippen LogP contribution in [0.25, 0.3) is 0 Å². The molecule has 5 heteroatoms. The molecular weight excluding hydrogens is 401 g/mol. The fourth-order valence-electron chi connectivity index (χ4n) is 2.51. The van der Waals surface area contributed by atoms with E-state index in [4.69, 9.17) is 10.5 Å². The van der Waals surface area contributed by atoms with Crippen molar-refractivity contribution in [3.63, 3.8) is 0 Å². The topological polar surface area (TPSA) is 50.9 Å². The molecule has 0 saturated heterocycles. The summed E-state index contributed by atoms with van der Waals surface area (Å²) in [4.78, 5) is 4.37. The summed E-state index contributed by atoms with van der Waals surface area (Å²) in [7, 11) is 0. The van der Waals surface area contributed by atoms with Gasteiger partial charge >= 0.3 is 148 Å². The minimum atomic E-state index is -0.283. The van der Waals surface area contributed by atoms with Crippen LogP contribution in [0.1, 0.15) is 18.1 Å². The van der Waals surface area contributed by atoms with Crippen molar-refractivity contribution in [2.24, 2.45) is 10.7 Å². The number of ether oxygens (including phenoxy) is 1. The Labute approximate surface area is 148 Å². The zero-order valence-corrected chi connectivity index (χ0v) is 15.3. The van der Waals surface area contributed by atoms with Crippen molar-refractivity contribution in [3.05, 3.63) is 65.7 Å². The van der Waals surface area contributed by atoms with Crippen LogP contribution in [0.3, 0.4) is 0 Å². The molecule has 2 aromatic carbocycles. The molecule has 1 heterocycles. The van der Waals surface area contributed by atoms with Crippen molar-refractivity contribution >= 4 is 11.7 Å². The number of halogens is 1. The first-order valence-electron chi connectivity index (χ1n) is 7.74. The maximum absolute atomic E-state index is 5.62. The zero-order valence-electron chi connectivity index (χ0n) is 13.2. The number of nitrogens with zero attached hydrogens (tertiary/aromatic N) is 2. The van der Waals surface area contributed by atoms with Crippen LogP contribution in [-0.4, -0.2) is 23.2 Å². The molecule has 4 nitrogen and oxygen atoms in total. The number of rotatable bonds is 6. The van der Waals surface area contributed by atoms with Crippen molar-refractivity contribution < 1.29 is 26.2 Å². The van der Waals surface area contributed by atoms with E-state index in [0.717, 1.165) is 13.0 Å². The first-order valence-corrected chi connectivity index (χ1v) is 9.96. The standard InChI is InChI=1S/C18H21IN3O/c1-2-22(19-17-13-23-18(20)21-17)16-10-6-9-15(12-16)11-14-7-4-3-5-8-14/h3-10,12,17H,2,11,13H2,1H3,(H2,20,21)/q-1/t17-/m1/s1. The molecular formula is C18H21IN3O-. The van der Waals surface area contributed by atoms with E-state index in [1.54, 1.807) is 0 Å². The number of hydrogen-bond donors (Lipinski definition) is 1. The van der Waals surface area contributed by atoms with Crippen LogP contribution in [0, 0.1) is 0 Å². The van der Waals surface area contributed by atoms with E-state index in [1.807, 2.05) is 0 Å². The summed E-state index contributed by atoms with van der Waals surface area (Å²) in [6.45, 7) is 3.79. The van der Waals surface area contributed by atoms with Crippen LogP contribution in [-0.2, 0) is 11.2 Å². The Morgan fingerprint density at radius 2 is 1.96 bits per heavy atom. The fraction of sp³-hybridized carbons (Fsp3) is 0.278. The molecule has 3 rings (SSSR count). The van der Waals surface area contributed by atoms with E-state index in [9.17, 15) is 0 Å². The van der Waals surface area contributed by atoms with Crippen LogP contribution in [0.5, 0.6) is 0 Å². The van der Waals surface area contributed by atoms with E-state index >= 15 is 0 Å². The summed E-state index contributed by atoms with van der Waals surface area (Å²) in [6, 6.07) is 19.7. The Balaban J connectivity index is 1.72. The van der Waals surface area contributed by atoms with Gasteiger partial charge in [0.1, 0.15) is 0 Å². The van der Waals surface area contributed by atoms with Crippen molar-refractivity contribution in [2.45, 2.75) is 17.4 Å². The average molecular weight is 422 g/mol. The second-order valence-corrected chi connectivity index (χ2v) is 8.48. The average Bonchev–Trinajstić information content (AvgIpc) is 2.99. The molecule has 0 radical (unpaired) electrons. The molecule has 2 N–H and O–H groups in total. The molecule has 1 aliphatic heterocycles. The molecule has 0 aliphatic carbocycles. The van der Waals surface area contributed by atoms with Crippen LogP contribution in [0.4, 0.5) is 5.69 Å². The molecule has 23 heavy (non-hydrogen) atoms. The number of benzene rings is 2. The van der Waals surface area contributed by atoms with Gasteiger partial charge in [0.25, 0.3) is 0 Å². The molecule has 1 atom stereocenters. The van der Waals surface area contributed by atoms with Gasteiger partial charge < -0.3 is 0 Å². The molecule has 0 saturated carbocycles. The van der Waals surface area contributed by atoms with Gasteiger partial charge in [-0.05, 0) is 0 Å². The van der Waals surface area contributed by atoms with E-state index in [2.05, 4.69) is 69.6 Å². The molecule has 0 amide bonds. The minimum absolute atomic E-state index is 0.228. The fourth-order valence-corrected chi connectivity index (χ4v) is 5.04. The predicted molar refractivity (Wildman–Crippen MR) is 90.1 cm³/mol. The van der Waals surface area contributed by atoms with E-state index in [0.29, 0.717) is 12.6 Å². The zero-order chi connectivity index (χ0) is 16.1. The Kier molecular flexibility index (Phi) is 5.38. The van der Waals surface area contributed by atoms with Crippen LogP contribution in [0.15, 0.2) is 59.6 Å². The monoisotopic (exact) mass is 422 g/mol. The summed E-state index contributed by atoms with van der Waals surface area (Å²) in [5.74, 6) is 0. The van der Waals surface area contributed by atoms with E-state index in [1.165, 1.54) is 16.8 Å². The van der Waals surface area contributed by atoms with Crippen molar-refractivity contribution in [1.82, 2.24) is 0 Å². The third kappa shape index (κ3) is 4.37. The molecule has 0 bridgehead atoms. The van der Waals surface area contributed by atoms with Gasteiger partial charge in [-0.3, -0.25) is 0 Å². The van der Waals surface area contributed by atoms with Gasteiger partial charge in [0.2, 0.25) is 0 Å². The third-order valence-electron chi connectivity index (χ3n) is 3.59. The Morgan fingerprint density at radius 1 is 1.17 bits per heavy atom. The second kappa shape index (κ2) is 7.68. The number of nitrogens with two attached hydrogens (primary N) is 1. The van der Waals surface area contributed by atoms with Gasteiger partial charge in [0, 0.05) is 0 Å². The van der Waals surface area contributed by atoms with Crippen molar-refractivity contribution in [2.75, 3.05) is 16.3 Å². The van der Waals surface area contributed by atoms with Gasteiger partial charge in [-0.25, -0.2) is 0 Å². The van der Waals surface area contributed by atoms with Gasteiger partial charge in [-0.15, -0.1) is 0 Å². The molecule has 0 fully saturated rings. The van der Waals surface area contributed by atoms with Gasteiger partial charge in [0.15, 0.2) is 0 Å². The van der Waals surface area contributed by atoms with Crippen LogP contribution < -0.4 is 30.3 Å². The van der Waals surface area contributed by atoms with Crippen molar-refractivity contribution in [1.29, 1.82) is 0 Å². The summed E-state index contributed by atoms with van der Waals surface area (Å²) < 4.78 is 7.94. The molecule has 122 valence electrons. The SMILES string of the molecule is CCN([I-][C@H]1COC(N)=N1)c1cccc(Cc2ccccc2)c1. The van der Waals surface area contributed by atoms with Gasteiger partial charge in [-0.2, -0.15) is 0 Å². The maximum atomic E-state index is 5.62. The summed E-state index contributed by atoms with van der Waals surface area (Å²) in [5, 5.41) is 0. The third-order valence-corrected chi connectivity index (χ3v) is 6.78. The number of amidine groups is 1. The number of alkyl halides is 1. The second-order valence-electron chi connectivity index (χ2n) is 5.32. The first kappa shape index (κ1) is 16.1. The predicted octanol–water partition coefficient (Wildman–Crippen LogP) is -0.221. The Bertz CT molecular complexity index is 675. The Hall–Kier alpha value is -1.76. The van der Waals surface area contributed by atoms with Crippen LogP contribution in [0.2, 0.25) is 0 Å². The van der Waals surface area contributed by atoms with Crippen molar-refractivity contribution in [3.8, 4) is 0 Å². The summed E-state index contributed by atoms with van der Waals surface area (Å²) >= 11 is -0.283. The normalized spacial score (nSPS) is 16.9. The van der Waals surface area contributed by atoms with E-state index < -0.39 is 0 Å². The summed E-state index contributed by atoms with van der Waals surface area (Å²) in [5.41, 5.74) is 9.56. The first-order chi connectivity index (χ1) is 11.2. The van der Waals surface area contributed by atoms with Gasteiger partial charge in [-0.1, -0.05) is 0 Å². The molecule has 0 spiro atoms. The number of anilines is 1. The Morgan fingerprint density at radius 3 is 2.65 bits per heavy atom. The summed E-state index contributed by atoms with van der Waals surface area (Å²) in [6.07, 6.45) is 0.961. The molecule has 0 unspecified atom stereocenters. The van der Waals surface area contributed by atoms with E-state index in [-0.39, 0.29) is 25.5 Å². The number of hydrogen-bond acceptors (Lipinski definition) is 4. The quantitative estimate of drug-likeness (QED) is 0.303. The van der Waals surface area contributed by atoms with Gasteiger partial charge in [0.05, 0.1) is 0 Å².